The van der Waals surface area contributed by atoms with Crippen molar-refractivity contribution >= 4 is 11.9 Å². The first-order valence-electron chi connectivity index (χ1n) is 6.55. The first-order chi connectivity index (χ1) is 9.97. The van der Waals surface area contributed by atoms with Gasteiger partial charge in [-0.1, -0.05) is 19.1 Å². The molecule has 1 aliphatic heterocycles. The number of hydrogen-bond acceptors (Lipinski definition) is 3. The highest BCUT2D eigenvalue weighted by molar-refractivity contribution is 5.83. The third kappa shape index (κ3) is 2.87. The number of aliphatic carboxylic acids is 1. The number of amides is 1. The highest BCUT2D eigenvalue weighted by Gasteiger charge is 2.43. The first-order valence-corrected chi connectivity index (χ1v) is 6.55. The predicted octanol–water partition coefficient (Wildman–Crippen LogP) is 1.73. The SMILES string of the molecule is CCCN1C(=O)COC(C(=O)O)C1c1cccc(F)c1F. The molecule has 0 saturated carbocycles. The maximum atomic E-state index is 14.0. The van der Waals surface area contributed by atoms with Crippen LogP contribution < -0.4 is 0 Å². The van der Waals surface area contributed by atoms with E-state index in [1.807, 2.05) is 0 Å². The van der Waals surface area contributed by atoms with E-state index in [2.05, 4.69) is 0 Å². The van der Waals surface area contributed by atoms with Gasteiger partial charge in [-0.05, 0) is 12.5 Å². The van der Waals surface area contributed by atoms with Crippen LogP contribution in [0.4, 0.5) is 8.78 Å². The van der Waals surface area contributed by atoms with Crippen LogP contribution in [0.3, 0.4) is 0 Å². The van der Waals surface area contributed by atoms with Gasteiger partial charge >= 0.3 is 5.97 Å². The molecule has 2 unspecified atom stereocenters. The van der Waals surface area contributed by atoms with Crippen LogP contribution in [-0.4, -0.2) is 41.1 Å². The Bertz CT molecular complexity index is 564. The summed E-state index contributed by atoms with van der Waals surface area (Å²) < 4.78 is 32.4. The van der Waals surface area contributed by atoms with Gasteiger partial charge in [-0.3, -0.25) is 4.79 Å². The molecule has 1 aromatic rings. The lowest BCUT2D eigenvalue weighted by atomic mass is 9.96. The number of carbonyl (C=O) groups is 2. The summed E-state index contributed by atoms with van der Waals surface area (Å²) >= 11 is 0. The minimum atomic E-state index is -1.43. The molecule has 2 atom stereocenters. The van der Waals surface area contributed by atoms with Gasteiger partial charge in [-0.25, -0.2) is 13.6 Å². The van der Waals surface area contributed by atoms with Crippen molar-refractivity contribution in [1.29, 1.82) is 0 Å². The Kier molecular flexibility index (Phi) is 4.52. The van der Waals surface area contributed by atoms with Gasteiger partial charge in [0.1, 0.15) is 6.61 Å². The molecule has 114 valence electrons. The lowest BCUT2D eigenvalue weighted by Crippen LogP contribution is -2.52. The van der Waals surface area contributed by atoms with E-state index in [0.29, 0.717) is 6.42 Å². The summed E-state index contributed by atoms with van der Waals surface area (Å²) in [5.41, 5.74) is -0.191. The van der Waals surface area contributed by atoms with Crippen LogP contribution in [-0.2, 0) is 14.3 Å². The van der Waals surface area contributed by atoms with Crippen LogP contribution in [0.15, 0.2) is 18.2 Å². The second kappa shape index (κ2) is 6.17. The first kappa shape index (κ1) is 15.4. The van der Waals surface area contributed by atoms with Gasteiger partial charge in [0.25, 0.3) is 0 Å². The molecule has 1 N–H and O–H groups in total. The number of carboxylic acids is 1. The Hall–Kier alpha value is -2.02. The lowest BCUT2D eigenvalue weighted by molar-refractivity contribution is -0.173. The molecular formula is C14H15F2NO4. The van der Waals surface area contributed by atoms with E-state index in [1.54, 1.807) is 6.92 Å². The van der Waals surface area contributed by atoms with Crippen LogP contribution in [0, 0.1) is 11.6 Å². The largest absolute Gasteiger partial charge is 0.479 e. The van der Waals surface area contributed by atoms with Crippen molar-refractivity contribution in [2.24, 2.45) is 0 Å². The number of morpholine rings is 1. The fourth-order valence-corrected chi connectivity index (χ4v) is 2.44. The summed E-state index contributed by atoms with van der Waals surface area (Å²) in [6.45, 7) is 1.66. The summed E-state index contributed by atoms with van der Waals surface area (Å²) in [5.74, 6) is -4.01. The minimum absolute atomic E-state index is 0.191. The molecular weight excluding hydrogens is 284 g/mol. The zero-order valence-electron chi connectivity index (χ0n) is 11.4. The second-order valence-corrected chi connectivity index (χ2v) is 4.74. The Balaban J connectivity index is 2.51. The van der Waals surface area contributed by atoms with Gasteiger partial charge in [-0.2, -0.15) is 0 Å². The van der Waals surface area contributed by atoms with Crippen molar-refractivity contribution in [2.45, 2.75) is 25.5 Å². The average molecular weight is 299 g/mol. The van der Waals surface area contributed by atoms with E-state index in [0.717, 1.165) is 6.07 Å². The summed E-state index contributed by atoms with van der Waals surface area (Å²) in [6, 6.07) is 2.29. The molecule has 1 heterocycles. The fraction of sp³-hybridized carbons (Fsp3) is 0.429. The summed E-state index contributed by atoms with van der Waals surface area (Å²) in [5, 5.41) is 9.22. The van der Waals surface area contributed by atoms with Crippen molar-refractivity contribution in [3.63, 3.8) is 0 Å². The highest BCUT2D eigenvalue weighted by Crippen LogP contribution is 2.32. The van der Waals surface area contributed by atoms with Crippen molar-refractivity contribution in [1.82, 2.24) is 4.90 Å². The van der Waals surface area contributed by atoms with Gasteiger partial charge < -0.3 is 14.7 Å². The van der Waals surface area contributed by atoms with Gasteiger partial charge in [0, 0.05) is 12.1 Å². The van der Waals surface area contributed by atoms with Crippen LogP contribution in [0.25, 0.3) is 0 Å². The molecule has 1 aromatic carbocycles. The third-order valence-corrected chi connectivity index (χ3v) is 3.34. The van der Waals surface area contributed by atoms with Gasteiger partial charge in [-0.15, -0.1) is 0 Å². The molecule has 0 spiro atoms. The Morgan fingerprint density at radius 1 is 1.48 bits per heavy atom. The molecule has 2 rings (SSSR count). The zero-order chi connectivity index (χ0) is 15.6. The van der Waals surface area contributed by atoms with Crippen molar-refractivity contribution < 1.29 is 28.2 Å². The summed E-state index contributed by atoms with van der Waals surface area (Å²) in [4.78, 5) is 24.5. The number of halogens is 2. The molecule has 7 heteroatoms. The van der Waals surface area contributed by atoms with E-state index in [1.165, 1.54) is 17.0 Å². The monoisotopic (exact) mass is 299 g/mol. The molecule has 1 fully saturated rings. The van der Waals surface area contributed by atoms with E-state index in [-0.39, 0.29) is 18.7 Å². The van der Waals surface area contributed by atoms with Crippen molar-refractivity contribution in [3.8, 4) is 0 Å². The highest BCUT2D eigenvalue weighted by atomic mass is 19.2. The standard InChI is InChI=1S/C14H15F2NO4/c1-2-6-17-10(18)7-21-13(14(19)20)12(17)8-4-3-5-9(15)11(8)16/h3-5,12-13H,2,6-7H2,1H3,(H,19,20). The molecule has 0 aromatic heterocycles. The Labute approximate surface area is 120 Å². The molecule has 0 aliphatic carbocycles. The predicted molar refractivity (Wildman–Crippen MR) is 68.5 cm³/mol. The van der Waals surface area contributed by atoms with E-state index in [9.17, 15) is 23.5 Å². The zero-order valence-corrected chi connectivity index (χ0v) is 11.4. The van der Waals surface area contributed by atoms with E-state index in [4.69, 9.17) is 4.74 Å². The molecule has 1 amide bonds. The number of ether oxygens (including phenoxy) is 1. The average Bonchev–Trinajstić information content (AvgIpc) is 2.44. The summed E-state index contributed by atoms with van der Waals surface area (Å²) in [6.07, 6.45) is -0.864. The maximum absolute atomic E-state index is 14.0. The number of benzene rings is 1. The van der Waals surface area contributed by atoms with Gasteiger partial charge in [0.15, 0.2) is 17.7 Å². The molecule has 5 nitrogen and oxygen atoms in total. The smallest absolute Gasteiger partial charge is 0.335 e. The molecule has 0 radical (unpaired) electrons. The molecule has 21 heavy (non-hydrogen) atoms. The Morgan fingerprint density at radius 3 is 2.81 bits per heavy atom. The van der Waals surface area contributed by atoms with Crippen molar-refractivity contribution in [3.05, 3.63) is 35.4 Å². The summed E-state index contributed by atoms with van der Waals surface area (Å²) in [7, 11) is 0. The number of rotatable bonds is 4. The topological polar surface area (TPSA) is 66.8 Å². The van der Waals surface area contributed by atoms with E-state index >= 15 is 0 Å². The van der Waals surface area contributed by atoms with Crippen molar-refractivity contribution in [2.75, 3.05) is 13.2 Å². The number of nitrogens with zero attached hydrogens (tertiary/aromatic N) is 1. The van der Waals surface area contributed by atoms with E-state index < -0.39 is 35.7 Å². The van der Waals surface area contributed by atoms with Crippen LogP contribution in [0.1, 0.15) is 24.9 Å². The molecule has 1 saturated heterocycles. The maximum Gasteiger partial charge on any atom is 0.335 e. The lowest BCUT2D eigenvalue weighted by Gasteiger charge is -2.39. The third-order valence-electron chi connectivity index (χ3n) is 3.34. The van der Waals surface area contributed by atoms with Crippen LogP contribution in [0.5, 0.6) is 0 Å². The Morgan fingerprint density at radius 2 is 2.19 bits per heavy atom. The number of carboxylic acid groups (broad SMARTS) is 1. The van der Waals surface area contributed by atoms with Gasteiger partial charge in [0.2, 0.25) is 5.91 Å². The minimum Gasteiger partial charge on any atom is -0.479 e. The van der Waals surface area contributed by atoms with Crippen LogP contribution >= 0.6 is 0 Å². The number of carbonyl (C=O) groups excluding carboxylic acids is 1. The normalized spacial score (nSPS) is 22.4. The second-order valence-electron chi connectivity index (χ2n) is 4.74. The number of hydrogen-bond donors (Lipinski definition) is 1. The molecule has 0 bridgehead atoms. The fourth-order valence-electron chi connectivity index (χ4n) is 2.44. The van der Waals surface area contributed by atoms with Crippen LogP contribution in [0.2, 0.25) is 0 Å². The van der Waals surface area contributed by atoms with Gasteiger partial charge in [0.05, 0.1) is 6.04 Å². The molecule has 1 aliphatic rings. The quantitative estimate of drug-likeness (QED) is 0.919.